The van der Waals surface area contributed by atoms with E-state index in [0.29, 0.717) is 11.9 Å². The average Bonchev–Trinajstić information content (AvgIpc) is 2.97. The molecule has 23 heavy (non-hydrogen) atoms. The number of piperidine rings is 1. The Bertz CT molecular complexity index is 352. The van der Waals surface area contributed by atoms with Gasteiger partial charge in [0.1, 0.15) is 0 Å². The van der Waals surface area contributed by atoms with Crippen molar-refractivity contribution in [3.8, 4) is 0 Å². The summed E-state index contributed by atoms with van der Waals surface area (Å²) in [5.74, 6) is 1.36. The summed E-state index contributed by atoms with van der Waals surface area (Å²) in [5.41, 5.74) is 0. The highest BCUT2D eigenvalue weighted by molar-refractivity contribution is 5.79. The smallest absolute Gasteiger partial charge is 0.223 e. The number of carbonyl (C=O) groups excluding carboxylic acids is 1. The van der Waals surface area contributed by atoms with Crippen LogP contribution in [0.25, 0.3) is 0 Å². The molecule has 2 aliphatic heterocycles. The van der Waals surface area contributed by atoms with Gasteiger partial charge in [0.2, 0.25) is 5.91 Å². The molecule has 3 fully saturated rings. The molecule has 0 aromatic carbocycles. The minimum Gasteiger partial charge on any atom is -0.381 e. The SMILES string of the molecule is O=C(NC1CCCCCC1)C1CCN(CC[C@@H]2CCOC2)CC1. The fourth-order valence-corrected chi connectivity index (χ4v) is 4.34. The van der Waals surface area contributed by atoms with Crippen LogP contribution < -0.4 is 5.32 Å². The zero-order chi connectivity index (χ0) is 15.9. The summed E-state index contributed by atoms with van der Waals surface area (Å²) in [6.07, 6.45) is 12.2. The van der Waals surface area contributed by atoms with Gasteiger partial charge in [-0.2, -0.15) is 0 Å². The molecule has 1 N–H and O–H groups in total. The summed E-state index contributed by atoms with van der Waals surface area (Å²) >= 11 is 0. The first-order valence-electron chi connectivity index (χ1n) is 9.92. The Balaban J connectivity index is 1.33. The van der Waals surface area contributed by atoms with Crippen molar-refractivity contribution in [1.29, 1.82) is 0 Å². The van der Waals surface area contributed by atoms with Crippen molar-refractivity contribution in [2.75, 3.05) is 32.8 Å². The van der Waals surface area contributed by atoms with Crippen LogP contribution >= 0.6 is 0 Å². The van der Waals surface area contributed by atoms with Crippen LogP contribution in [0.1, 0.15) is 64.2 Å². The van der Waals surface area contributed by atoms with Crippen molar-refractivity contribution in [1.82, 2.24) is 10.2 Å². The molecule has 1 amide bonds. The second-order valence-corrected chi connectivity index (χ2v) is 7.83. The van der Waals surface area contributed by atoms with Crippen LogP contribution in [0.4, 0.5) is 0 Å². The molecule has 0 bridgehead atoms. The van der Waals surface area contributed by atoms with Crippen LogP contribution in [0.2, 0.25) is 0 Å². The average molecular weight is 322 g/mol. The molecule has 2 heterocycles. The lowest BCUT2D eigenvalue weighted by molar-refractivity contribution is -0.127. The molecule has 1 atom stereocenters. The van der Waals surface area contributed by atoms with E-state index < -0.39 is 0 Å². The van der Waals surface area contributed by atoms with Gasteiger partial charge in [-0.3, -0.25) is 4.79 Å². The lowest BCUT2D eigenvalue weighted by atomic mass is 9.94. The number of nitrogens with zero attached hydrogens (tertiary/aromatic N) is 1. The van der Waals surface area contributed by atoms with Crippen LogP contribution in [-0.4, -0.2) is 49.7 Å². The monoisotopic (exact) mass is 322 g/mol. The molecule has 4 heteroatoms. The number of rotatable bonds is 5. The van der Waals surface area contributed by atoms with E-state index in [-0.39, 0.29) is 5.92 Å². The lowest BCUT2D eigenvalue weighted by Gasteiger charge is -2.32. The third kappa shape index (κ3) is 5.46. The molecule has 3 aliphatic rings. The highest BCUT2D eigenvalue weighted by Gasteiger charge is 2.27. The first-order chi connectivity index (χ1) is 11.3. The molecule has 1 saturated carbocycles. The van der Waals surface area contributed by atoms with Crippen molar-refractivity contribution in [2.45, 2.75) is 70.3 Å². The quantitative estimate of drug-likeness (QED) is 0.791. The summed E-state index contributed by atoms with van der Waals surface area (Å²) in [7, 11) is 0. The van der Waals surface area contributed by atoms with Crippen LogP contribution in [0, 0.1) is 11.8 Å². The molecule has 0 radical (unpaired) electrons. The maximum atomic E-state index is 12.5. The molecule has 0 aromatic rings. The Morgan fingerprint density at radius 2 is 1.74 bits per heavy atom. The van der Waals surface area contributed by atoms with Gasteiger partial charge in [0.05, 0.1) is 0 Å². The second-order valence-electron chi connectivity index (χ2n) is 7.83. The zero-order valence-electron chi connectivity index (χ0n) is 14.6. The van der Waals surface area contributed by atoms with Crippen molar-refractivity contribution < 1.29 is 9.53 Å². The first kappa shape index (κ1) is 17.2. The van der Waals surface area contributed by atoms with Crippen molar-refractivity contribution >= 4 is 5.91 Å². The maximum Gasteiger partial charge on any atom is 0.223 e. The molecule has 1 aliphatic carbocycles. The lowest BCUT2D eigenvalue weighted by Crippen LogP contribution is -2.44. The van der Waals surface area contributed by atoms with Crippen LogP contribution in [0.3, 0.4) is 0 Å². The maximum absolute atomic E-state index is 12.5. The van der Waals surface area contributed by atoms with E-state index >= 15 is 0 Å². The molecule has 2 saturated heterocycles. The van der Waals surface area contributed by atoms with Gasteiger partial charge in [0, 0.05) is 25.2 Å². The fourth-order valence-electron chi connectivity index (χ4n) is 4.34. The van der Waals surface area contributed by atoms with Gasteiger partial charge < -0.3 is 15.0 Å². The summed E-state index contributed by atoms with van der Waals surface area (Å²) in [6.45, 7) is 5.28. The van der Waals surface area contributed by atoms with Gasteiger partial charge in [-0.1, -0.05) is 25.7 Å². The molecule has 0 unspecified atom stereocenters. The molecular formula is C19H34N2O2. The Morgan fingerprint density at radius 3 is 2.39 bits per heavy atom. The molecule has 132 valence electrons. The van der Waals surface area contributed by atoms with E-state index in [1.54, 1.807) is 0 Å². The molecule has 4 nitrogen and oxygen atoms in total. The second kappa shape index (κ2) is 9.03. The highest BCUT2D eigenvalue weighted by Crippen LogP contribution is 2.22. The number of amides is 1. The van der Waals surface area contributed by atoms with Crippen LogP contribution in [-0.2, 0) is 9.53 Å². The Kier molecular flexibility index (Phi) is 6.76. The largest absolute Gasteiger partial charge is 0.381 e. The number of hydrogen-bond acceptors (Lipinski definition) is 3. The van der Waals surface area contributed by atoms with Gasteiger partial charge in [0.25, 0.3) is 0 Å². The topological polar surface area (TPSA) is 41.6 Å². The zero-order valence-corrected chi connectivity index (χ0v) is 14.6. The van der Waals surface area contributed by atoms with E-state index in [1.165, 1.54) is 57.9 Å². The van der Waals surface area contributed by atoms with E-state index in [4.69, 9.17) is 4.74 Å². The summed E-state index contributed by atoms with van der Waals surface area (Å²) in [6, 6.07) is 0.449. The molecule has 3 rings (SSSR count). The van der Waals surface area contributed by atoms with Crippen LogP contribution in [0.5, 0.6) is 0 Å². The number of hydrogen-bond donors (Lipinski definition) is 1. The van der Waals surface area contributed by atoms with Crippen LogP contribution in [0.15, 0.2) is 0 Å². The predicted octanol–water partition coefficient (Wildman–Crippen LogP) is 2.96. The van der Waals surface area contributed by atoms with E-state index in [0.717, 1.165) is 45.1 Å². The normalized spacial score (nSPS) is 28.6. The highest BCUT2D eigenvalue weighted by atomic mass is 16.5. The Labute approximate surface area is 141 Å². The van der Waals surface area contributed by atoms with Crippen molar-refractivity contribution in [3.63, 3.8) is 0 Å². The Hall–Kier alpha value is -0.610. The number of carbonyl (C=O) groups is 1. The van der Waals surface area contributed by atoms with Crippen molar-refractivity contribution in [2.24, 2.45) is 11.8 Å². The van der Waals surface area contributed by atoms with Gasteiger partial charge in [-0.15, -0.1) is 0 Å². The van der Waals surface area contributed by atoms with Crippen molar-refractivity contribution in [3.05, 3.63) is 0 Å². The fraction of sp³-hybridized carbons (Fsp3) is 0.947. The Morgan fingerprint density at radius 1 is 1.00 bits per heavy atom. The van der Waals surface area contributed by atoms with Gasteiger partial charge in [-0.05, 0) is 64.1 Å². The number of likely N-dealkylation sites (tertiary alicyclic amines) is 1. The standard InChI is InChI=1S/C19H34N2O2/c22-19(20-18-5-3-1-2-4-6-18)17-8-12-21(13-9-17)11-7-16-10-14-23-15-16/h16-18H,1-15H2,(H,20,22)/t16-/m1/s1. The van der Waals surface area contributed by atoms with E-state index in [1.807, 2.05) is 0 Å². The summed E-state index contributed by atoms with van der Waals surface area (Å²) in [4.78, 5) is 15.1. The molecular weight excluding hydrogens is 288 g/mol. The first-order valence-corrected chi connectivity index (χ1v) is 9.92. The molecule has 0 spiro atoms. The minimum atomic E-state index is 0.254. The van der Waals surface area contributed by atoms with Gasteiger partial charge >= 0.3 is 0 Å². The molecule has 0 aromatic heterocycles. The van der Waals surface area contributed by atoms with E-state index in [9.17, 15) is 4.79 Å². The number of ether oxygens (including phenoxy) is 1. The minimum absolute atomic E-state index is 0.254. The van der Waals surface area contributed by atoms with Gasteiger partial charge in [-0.25, -0.2) is 0 Å². The third-order valence-electron chi connectivity index (χ3n) is 6.04. The third-order valence-corrected chi connectivity index (χ3v) is 6.04. The number of nitrogens with one attached hydrogen (secondary N) is 1. The summed E-state index contributed by atoms with van der Waals surface area (Å²) in [5, 5.41) is 3.35. The predicted molar refractivity (Wildman–Crippen MR) is 92.3 cm³/mol. The van der Waals surface area contributed by atoms with E-state index in [2.05, 4.69) is 10.2 Å². The van der Waals surface area contributed by atoms with Gasteiger partial charge in [0.15, 0.2) is 0 Å². The summed E-state index contributed by atoms with van der Waals surface area (Å²) < 4.78 is 5.46.